The molecule has 1 atom stereocenters. The summed E-state index contributed by atoms with van der Waals surface area (Å²) in [7, 11) is 0. The second-order valence-corrected chi connectivity index (χ2v) is 8.69. The van der Waals surface area contributed by atoms with Crippen LogP contribution < -0.4 is 4.90 Å². The van der Waals surface area contributed by atoms with E-state index < -0.39 is 0 Å². The molecule has 0 N–H and O–H groups in total. The van der Waals surface area contributed by atoms with Gasteiger partial charge in [-0.05, 0) is 74.9 Å². The van der Waals surface area contributed by atoms with E-state index in [-0.39, 0.29) is 22.7 Å². The lowest BCUT2D eigenvalue weighted by atomic mass is 9.79. The van der Waals surface area contributed by atoms with Crippen molar-refractivity contribution in [3.63, 3.8) is 0 Å². The number of hydrogen-bond acceptors (Lipinski definition) is 3. The fourth-order valence-electron chi connectivity index (χ4n) is 4.96. The van der Waals surface area contributed by atoms with E-state index in [2.05, 4.69) is 51.7 Å². The fourth-order valence-corrected chi connectivity index (χ4v) is 4.96. The van der Waals surface area contributed by atoms with Crippen molar-refractivity contribution < 1.29 is 9.59 Å². The summed E-state index contributed by atoms with van der Waals surface area (Å²) in [5.74, 6) is 0.0990. The SMILES string of the molecule is CCN1c2cc(C)c(C=C3C(=O)c4ccccc4C3=O)cc2C(C)CC1(C)C. The van der Waals surface area contributed by atoms with Gasteiger partial charge < -0.3 is 4.90 Å². The molecule has 3 nitrogen and oxygen atoms in total. The number of anilines is 1. The third-order valence-electron chi connectivity index (χ3n) is 6.30. The maximum atomic E-state index is 12.8. The molecule has 1 aliphatic carbocycles. The van der Waals surface area contributed by atoms with Crippen molar-refractivity contribution in [2.45, 2.75) is 52.5 Å². The van der Waals surface area contributed by atoms with Crippen LogP contribution in [0.2, 0.25) is 0 Å². The maximum Gasteiger partial charge on any atom is 0.197 e. The van der Waals surface area contributed by atoms with Gasteiger partial charge in [0.2, 0.25) is 0 Å². The fraction of sp³-hybridized carbons (Fsp3) is 0.360. The van der Waals surface area contributed by atoms with Crippen molar-refractivity contribution in [3.8, 4) is 0 Å². The Kier molecular flexibility index (Phi) is 4.29. The van der Waals surface area contributed by atoms with Crippen LogP contribution in [0.3, 0.4) is 0 Å². The summed E-state index contributed by atoms with van der Waals surface area (Å²) in [6.45, 7) is 12.1. The first-order chi connectivity index (χ1) is 13.2. The summed E-state index contributed by atoms with van der Waals surface area (Å²) in [6, 6.07) is 11.5. The van der Waals surface area contributed by atoms with Gasteiger partial charge in [0.1, 0.15) is 0 Å². The first-order valence-electron chi connectivity index (χ1n) is 10.1. The van der Waals surface area contributed by atoms with Gasteiger partial charge in [0.25, 0.3) is 0 Å². The van der Waals surface area contributed by atoms with Crippen LogP contribution in [0.25, 0.3) is 6.08 Å². The molecule has 1 aliphatic heterocycles. The van der Waals surface area contributed by atoms with E-state index in [9.17, 15) is 9.59 Å². The Morgan fingerprint density at radius 1 is 1.11 bits per heavy atom. The van der Waals surface area contributed by atoms with E-state index in [1.165, 1.54) is 11.3 Å². The van der Waals surface area contributed by atoms with Gasteiger partial charge in [0, 0.05) is 28.9 Å². The summed E-state index contributed by atoms with van der Waals surface area (Å²) in [6.07, 6.45) is 2.87. The summed E-state index contributed by atoms with van der Waals surface area (Å²) >= 11 is 0. The molecule has 0 bridgehead atoms. The normalized spacial score (nSPS) is 20.2. The van der Waals surface area contributed by atoms with Gasteiger partial charge >= 0.3 is 0 Å². The molecule has 0 radical (unpaired) electrons. The number of carbonyl (C=O) groups excluding carboxylic acids is 2. The zero-order valence-corrected chi connectivity index (χ0v) is 17.3. The molecule has 1 unspecified atom stereocenters. The van der Waals surface area contributed by atoms with Gasteiger partial charge in [-0.1, -0.05) is 31.2 Å². The Labute approximate surface area is 167 Å². The Bertz CT molecular complexity index is 992. The number of Topliss-reactive ketones (excluding diaryl/α,β-unsaturated/α-hetero) is 2. The first-order valence-corrected chi connectivity index (χ1v) is 10.1. The summed E-state index contributed by atoms with van der Waals surface area (Å²) in [5, 5.41) is 0. The zero-order chi connectivity index (χ0) is 20.2. The molecule has 1 heterocycles. The number of rotatable bonds is 2. The molecule has 2 aromatic rings. The average Bonchev–Trinajstić information content (AvgIpc) is 2.88. The van der Waals surface area contributed by atoms with E-state index in [1.807, 2.05) is 0 Å². The quantitative estimate of drug-likeness (QED) is 0.510. The molecule has 4 rings (SSSR count). The second-order valence-electron chi connectivity index (χ2n) is 8.69. The monoisotopic (exact) mass is 373 g/mol. The average molecular weight is 373 g/mol. The van der Waals surface area contributed by atoms with Crippen LogP contribution in [0.4, 0.5) is 5.69 Å². The molecule has 0 amide bonds. The van der Waals surface area contributed by atoms with Crippen molar-refractivity contribution in [3.05, 3.63) is 69.8 Å². The van der Waals surface area contributed by atoms with Gasteiger partial charge in [-0.25, -0.2) is 0 Å². The number of carbonyl (C=O) groups is 2. The van der Waals surface area contributed by atoms with Crippen LogP contribution in [-0.2, 0) is 0 Å². The summed E-state index contributed by atoms with van der Waals surface area (Å²) < 4.78 is 0. The topological polar surface area (TPSA) is 37.4 Å². The number of allylic oxidation sites excluding steroid dienone is 1. The van der Waals surface area contributed by atoms with Gasteiger partial charge in [-0.15, -0.1) is 0 Å². The van der Waals surface area contributed by atoms with Crippen LogP contribution in [0, 0.1) is 6.92 Å². The van der Waals surface area contributed by atoms with E-state index >= 15 is 0 Å². The molecule has 28 heavy (non-hydrogen) atoms. The van der Waals surface area contributed by atoms with Gasteiger partial charge in [-0.3, -0.25) is 9.59 Å². The molecule has 2 aliphatic rings. The Hall–Kier alpha value is -2.68. The van der Waals surface area contributed by atoms with E-state index in [1.54, 1.807) is 30.3 Å². The molecule has 0 saturated heterocycles. The minimum atomic E-state index is -0.165. The van der Waals surface area contributed by atoms with Crippen LogP contribution >= 0.6 is 0 Å². The minimum Gasteiger partial charge on any atom is -0.366 e. The lowest BCUT2D eigenvalue weighted by Gasteiger charge is -2.47. The predicted molar refractivity (Wildman–Crippen MR) is 114 cm³/mol. The third kappa shape index (κ3) is 2.72. The standard InChI is InChI=1S/C25H27NO2/c1-6-26-22-11-15(2)17(12-20(22)16(3)14-25(26,4)5)13-21-23(27)18-9-7-8-10-19(18)24(21)28/h7-13,16H,6,14H2,1-5H3. The molecule has 0 aromatic heterocycles. The Balaban J connectivity index is 1.82. The van der Waals surface area contributed by atoms with Crippen molar-refractivity contribution in [1.82, 2.24) is 0 Å². The lowest BCUT2D eigenvalue weighted by Crippen LogP contribution is -2.48. The highest BCUT2D eigenvalue weighted by atomic mass is 16.2. The first kappa shape index (κ1) is 18.7. The van der Waals surface area contributed by atoms with E-state index in [4.69, 9.17) is 0 Å². The molecule has 144 valence electrons. The van der Waals surface area contributed by atoms with E-state index in [0.29, 0.717) is 17.0 Å². The zero-order valence-electron chi connectivity index (χ0n) is 17.3. The van der Waals surface area contributed by atoms with Crippen LogP contribution in [0.5, 0.6) is 0 Å². The molecule has 0 saturated carbocycles. The van der Waals surface area contributed by atoms with Gasteiger partial charge in [-0.2, -0.15) is 0 Å². The smallest absolute Gasteiger partial charge is 0.197 e. The van der Waals surface area contributed by atoms with E-state index in [0.717, 1.165) is 24.1 Å². The van der Waals surface area contributed by atoms with Crippen molar-refractivity contribution in [1.29, 1.82) is 0 Å². The molecule has 0 spiro atoms. The van der Waals surface area contributed by atoms with Crippen LogP contribution in [-0.4, -0.2) is 23.7 Å². The summed E-state index contributed by atoms with van der Waals surface area (Å²) in [5.41, 5.74) is 6.06. The van der Waals surface area contributed by atoms with Crippen molar-refractivity contribution >= 4 is 23.3 Å². The number of benzene rings is 2. The number of ketones is 2. The van der Waals surface area contributed by atoms with Gasteiger partial charge in [0.05, 0.1) is 5.57 Å². The third-order valence-corrected chi connectivity index (χ3v) is 6.30. The highest BCUT2D eigenvalue weighted by molar-refractivity contribution is 6.41. The Morgan fingerprint density at radius 3 is 2.29 bits per heavy atom. The van der Waals surface area contributed by atoms with Gasteiger partial charge in [0.15, 0.2) is 11.6 Å². The minimum absolute atomic E-state index is 0.118. The maximum absolute atomic E-state index is 12.8. The Morgan fingerprint density at radius 2 is 1.71 bits per heavy atom. The largest absolute Gasteiger partial charge is 0.366 e. The molecule has 2 aromatic carbocycles. The van der Waals surface area contributed by atoms with Crippen LogP contribution in [0.15, 0.2) is 42.0 Å². The highest BCUT2D eigenvalue weighted by Gasteiger charge is 2.36. The highest BCUT2D eigenvalue weighted by Crippen LogP contribution is 2.44. The van der Waals surface area contributed by atoms with Crippen molar-refractivity contribution in [2.75, 3.05) is 11.4 Å². The molecular formula is C25H27NO2. The van der Waals surface area contributed by atoms with Crippen LogP contribution in [0.1, 0.15) is 77.4 Å². The number of fused-ring (bicyclic) bond motifs is 2. The number of aryl methyl sites for hydroxylation is 1. The number of hydrogen-bond donors (Lipinski definition) is 0. The number of nitrogens with zero attached hydrogens (tertiary/aromatic N) is 1. The lowest BCUT2D eigenvalue weighted by molar-refractivity contribution is 0.0990. The van der Waals surface area contributed by atoms with Crippen molar-refractivity contribution in [2.24, 2.45) is 0 Å². The molecule has 3 heteroatoms. The summed E-state index contributed by atoms with van der Waals surface area (Å²) in [4.78, 5) is 28.0. The second kappa shape index (κ2) is 6.44. The predicted octanol–water partition coefficient (Wildman–Crippen LogP) is 5.57. The molecular weight excluding hydrogens is 346 g/mol. The molecule has 0 fully saturated rings.